The maximum absolute atomic E-state index is 14.2. The highest BCUT2D eigenvalue weighted by molar-refractivity contribution is 7.80. The number of thiocarbonyl (C=S) groups is 1. The van der Waals surface area contributed by atoms with Crippen LogP contribution in [0.1, 0.15) is 67.8 Å². The van der Waals surface area contributed by atoms with Crippen LogP contribution in [0.2, 0.25) is 0 Å². The molecule has 0 saturated heterocycles. The van der Waals surface area contributed by atoms with Gasteiger partial charge in [0.1, 0.15) is 23.3 Å². The lowest BCUT2D eigenvalue weighted by atomic mass is 9.95. The van der Waals surface area contributed by atoms with Gasteiger partial charge in [-0.05, 0) is 48.2 Å². The van der Waals surface area contributed by atoms with E-state index < -0.39 is 18.5 Å². The Morgan fingerprint density at radius 2 is 1.93 bits per heavy atom. The lowest BCUT2D eigenvalue weighted by Crippen LogP contribution is -2.47. The molecule has 1 amide bonds. The molecule has 0 bridgehead atoms. The Labute approximate surface area is 181 Å². The monoisotopic (exact) mass is 436 g/mol. The highest BCUT2D eigenvalue weighted by Gasteiger charge is 2.26. The van der Waals surface area contributed by atoms with Crippen molar-refractivity contribution < 1.29 is 18.0 Å². The number of rotatable bonds is 8. The SMILES string of the molecule is CCCCCC(c1cccc(F)c1C)N(NC(=S)c1cc(F)ccc1CF)C(C)=O. The minimum atomic E-state index is -0.819. The first-order valence-corrected chi connectivity index (χ1v) is 10.4. The molecule has 1 unspecified atom stereocenters. The van der Waals surface area contributed by atoms with Crippen molar-refractivity contribution in [2.45, 2.75) is 59.2 Å². The Balaban J connectivity index is 2.42. The second-order valence-corrected chi connectivity index (χ2v) is 7.64. The van der Waals surface area contributed by atoms with E-state index in [0.717, 1.165) is 31.4 Å². The lowest BCUT2D eigenvalue weighted by molar-refractivity contribution is -0.133. The third-order valence-electron chi connectivity index (χ3n) is 5.08. The Kier molecular flexibility index (Phi) is 8.84. The van der Waals surface area contributed by atoms with Gasteiger partial charge in [0.05, 0.1) is 6.04 Å². The largest absolute Gasteiger partial charge is 0.285 e. The molecule has 0 spiro atoms. The molecule has 0 aliphatic rings. The summed E-state index contributed by atoms with van der Waals surface area (Å²) in [6.45, 7) is 4.29. The van der Waals surface area contributed by atoms with Gasteiger partial charge in [0.25, 0.3) is 0 Å². The van der Waals surface area contributed by atoms with Gasteiger partial charge >= 0.3 is 0 Å². The predicted molar refractivity (Wildman–Crippen MR) is 117 cm³/mol. The number of amides is 1. The second-order valence-electron chi connectivity index (χ2n) is 7.23. The van der Waals surface area contributed by atoms with Gasteiger partial charge < -0.3 is 0 Å². The molecule has 1 N–H and O–H groups in total. The Bertz CT molecular complexity index is 904. The van der Waals surface area contributed by atoms with Crippen LogP contribution in [-0.2, 0) is 11.5 Å². The van der Waals surface area contributed by atoms with Crippen molar-refractivity contribution in [1.82, 2.24) is 10.4 Å². The zero-order valence-electron chi connectivity index (χ0n) is 17.5. The van der Waals surface area contributed by atoms with Gasteiger partial charge in [-0.2, -0.15) is 0 Å². The predicted octanol–water partition coefficient (Wildman–Crippen LogP) is 6.09. The van der Waals surface area contributed by atoms with Crippen molar-refractivity contribution in [2.24, 2.45) is 0 Å². The molecule has 3 nitrogen and oxygen atoms in total. The highest BCUT2D eigenvalue weighted by atomic mass is 32.1. The van der Waals surface area contributed by atoms with Crippen LogP contribution in [0.4, 0.5) is 13.2 Å². The second kappa shape index (κ2) is 11.1. The van der Waals surface area contributed by atoms with Crippen molar-refractivity contribution in [3.8, 4) is 0 Å². The summed E-state index contributed by atoms with van der Waals surface area (Å²) in [5.74, 6) is -1.24. The molecule has 0 fully saturated rings. The summed E-state index contributed by atoms with van der Waals surface area (Å²) < 4.78 is 41.3. The fraction of sp³-hybridized carbons (Fsp3) is 0.391. The fourth-order valence-corrected chi connectivity index (χ4v) is 3.71. The molecule has 162 valence electrons. The van der Waals surface area contributed by atoms with E-state index in [9.17, 15) is 18.0 Å². The number of nitrogens with zero attached hydrogens (tertiary/aromatic N) is 1. The number of unbranched alkanes of at least 4 members (excludes halogenated alkanes) is 2. The van der Waals surface area contributed by atoms with Gasteiger partial charge in [-0.25, -0.2) is 18.2 Å². The quantitative estimate of drug-likeness (QED) is 0.309. The van der Waals surface area contributed by atoms with Crippen LogP contribution in [0.5, 0.6) is 0 Å². The molecule has 1 atom stereocenters. The standard InChI is InChI=1S/C23H27F3N2OS/c1-4-5-6-10-22(19-8-7-9-21(26)15(19)2)28(16(3)29)27-23(30)20-13-18(25)12-11-17(20)14-24/h7-9,11-13,22H,4-6,10,14H2,1-3H3,(H,27,30). The van der Waals surface area contributed by atoms with Gasteiger partial charge in [0, 0.05) is 12.5 Å². The topological polar surface area (TPSA) is 32.3 Å². The molecular formula is C23H27F3N2OS. The molecule has 2 rings (SSSR count). The molecule has 0 aromatic heterocycles. The van der Waals surface area contributed by atoms with Crippen LogP contribution in [-0.4, -0.2) is 15.9 Å². The molecule has 0 radical (unpaired) electrons. The lowest BCUT2D eigenvalue weighted by Gasteiger charge is -2.33. The maximum atomic E-state index is 14.2. The van der Waals surface area contributed by atoms with Crippen molar-refractivity contribution >= 4 is 23.1 Å². The summed E-state index contributed by atoms with van der Waals surface area (Å²) in [5, 5.41) is 1.34. The number of hydrazine groups is 1. The summed E-state index contributed by atoms with van der Waals surface area (Å²) in [5.41, 5.74) is 4.39. The third kappa shape index (κ3) is 5.81. The summed E-state index contributed by atoms with van der Waals surface area (Å²) in [7, 11) is 0. The van der Waals surface area contributed by atoms with Crippen LogP contribution in [0.15, 0.2) is 36.4 Å². The van der Waals surface area contributed by atoms with Crippen molar-refractivity contribution in [2.75, 3.05) is 0 Å². The number of alkyl halides is 1. The molecule has 30 heavy (non-hydrogen) atoms. The Morgan fingerprint density at radius 3 is 2.57 bits per heavy atom. The van der Waals surface area contributed by atoms with Crippen molar-refractivity contribution in [1.29, 1.82) is 0 Å². The molecule has 0 heterocycles. The third-order valence-corrected chi connectivity index (χ3v) is 5.39. The van der Waals surface area contributed by atoms with Crippen LogP contribution < -0.4 is 5.43 Å². The number of benzene rings is 2. The molecule has 2 aromatic carbocycles. The first kappa shape index (κ1) is 23.9. The Hall–Kier alpha value is -2.41. The van der Waals surface area contributed by atoms with Crippen LogP contribution >= 0.6 is 12.2 Å². The van der Waals surface area contributed by atoms with E-state index in [1.54, 1.807) is 19.1 Å². The van der Waals surface area contributed by atoms with Gasteiger partial charge in [-0.1, -0.05) is 56.6 Å². The van der Waals surface area contributed by atoms with E-state index in [-0.39, 0.29) is 27.8 Å². The van der Waals surface area contributed by atoms with E-state index in [0.29, 0.717) is 17.5 Å². The number of halogens is 3. The van der Waals surface area contributed by atoms with E-state index in [1.165, 1.54) is 24.1 Å². The van der Waals surface area contributed by atoms with Crippen molar-refractivity contribution in [3.63, 3.8) is 0 Å². The number of hydrogen-bond acceptors (Lipinski definition) is 2. The summed E-state index contributed by atoms with van der Waals surface area (Å²) in [6, 6.07) is 7.91. The average Bonchev–Trinajstić information content (AvgIpc) is 2.72. The zero-order chi connectivity index (χ0) is 22.3. The average molecular weight is 437 g/mol. The molecule has 0 aliphatic heterocycles. The van der Waals surface area contributed by atoms with Gasteiger partial charge in [0.15, 0.2) is 0 Å². The van der Waals surface area contributed by atoms with Gasteiger partial charge in [0.2, 0.25) is 5.91 Å². The zero-order valence-corrected chi connectivity index (χ0v) is 18.3. The summed E-state index contributed by atoms with van der Waals surface area (Å²) >= 11 is 5.38. The molecule has 7 heteroatoms. The summed E-state index contributed by atoms with van der Waals surface area (Å²) in [4.78, 5) is 12.6. The van der Waals surface area contributed by atoms with Crippen LogP contribution in [0, 0.1) is 18.6 Å². The van der Waals surface area contributed by atoms with Gasteiger partial charge in [-0.15, -0.1) is 0 Å². The van der Waals surface area contributed by atoms with E-state index in [4.69, 9.17) is 12.2 Å². The smallest absolute Gasteiger partial charge is 0.238 e. The van der Waals surface area contributed by atoms with E-state index in [2.05, 4.69) is 12.3 Å². The fourth-order valence-electron chi connectivity index (χ4n) is 3.42. The highest BCUT2D eigenvalue weighted by Crippen LogP contribution is 2.30. The minimum Gasteiger partial charge on any atom is -0.285 e. The van der Waals surface area contributed by atoms with Crippen molar-refractivity contribution in [3.05, 3.63) is 70.3 Å². The number of carbonyl (C=O) groups excluding carboxylic acids is 1. The normalized spacial score (nSPS) is 11.8. The molecule has 0 aliphatic carbocycles. The molecular weight excluding hydrogens is 409 g/mol. The van der Waals surface area contributed by atoms with E-state index >= 15 is 0 Å². The summed E-state index contributed by atoms with van der Waals surface area (Å²) in [6.07, 6.45) is 3.36. The van der Waals surface area contributed by atoms with Crippen LogP contribution in [0.3, 0.4) is 0 Å². The maximum Gasteiger partial charge on any atom is 0.238 e. The van der Waals surface area contributed by atoms with Gasteiger partial charge in [-0.3, -0.25) is 10.2 Å². The number of carbonyl (C=O) groups is 1. The van der Waals surface area contributed by atoms with Crippen LogP contribution in [0.25, 0.3) is 0 Å². The van der Waals surface area contributed by atoms with E-state index in [1.807, 2.05) is 0 Å². The number of nitrogens with one attached hydrogen (secondary N) is 1. The molecule has 0 saturated carbocycles. The first-order chi connectivity index (χ1) is 14.3. The molecule has 2 aromatic rings. The Morgan fingerprint density at radius 1 is 1.20 bits per heavy atom. The number of hydrogen-bond donors (Lipinski definition) is 1. The first-order valence-electron chi connectivity index (χ1n) is 10.00. The minimum absolute atomic E-state index is 0.0342.